The molecule has 10 nitrogen and oxygen atoms in total. The largest absolute Gasteiger partial charge is 0.477 e. The number of benzene rings is 1. The number of carboxylic acids is 1. The Morgan fingerprint density at radius 1 is 1.12 bits per heavy atom. The number of amides is 1. The fraction of sp³-hybridized carbons (Fsp3) is 0.292. The summed E-state index contributed by atoms with van der Waals surface area (Å²) in [5, 5.41) is 31.6. The van der Waals surface area contributed by atoms with E-state index < -0.39 is 5.97 Å². The zero-order chi connectivity index (χ0) is 23.7. The van der Waals surface area contributed by atoms with Crippen LogP contribution in [0.3, 0.4) is 0 Å². The monoisotopic (exact) mass is 460 g/mol. The molecule has 0 saturated heterocycles. The van der Waals surface area contributed by atoms with Crippen LogP contribution in [0.15, 0.2) is 55.0 Å². The number of aliphatic hydroxyl groups is 1. The first-order chi connectivity index (χ1) is 16.5. The number of nitrogens with zero attached hydrogens (tertiary/aromatic N) is 5. The lowest BCUT2D eigenvalue weighted by Crippen LogP contribution is -2.39. The smallest absolute Gasteiger partial charge is 0.352 e. The van der Waals surface area contributed by atoms with E-state index in [0.717, 1.165) is 23.7 Å². The zero-order valence-corrected chi connectivity index (χ0v) is 18.3. The Morgan fingerprint density at radius 2 is 1.91 bits per heavy atom. The number of para-hydroxylation sites is 1. The topological polar surface area (TPSA) is 135 Å². The van der Waals surface area contributed by atoms with Crippen LogP contribution in [-0.4, -0.2) is 58.8 Å². The lowest BCUT2D eigenvalue weighted by Gasteiger charge is -2.26. The molecule has 5 rings (SSSR count). The number of hydrogen-bond donors (Lipinski definition) is 3. The molecule has 34 heavy (non-hydrogen) atoms. The number of aliphatic hydroxyl groups excluding tert-OH is 1. The number of rotatable bonds is 6. The number of aromatic carboxylic acids is 1. The highest BCUT2D eigenvalue weighted by Crippen LogP contribution is 2.22. The maximum Gasteiger partial charge on any atom is 0.352 e. The molecule has 0 aliphatic heterocycles. The van der Waals surface area contributed by atoms with E-state index in [1.54, 1.807) is 35.3 Å². The number of pyridine rings is 1. The van der Waals surface area contributed by atoms with E-state index in [9.17, 15) is 19.8 Å². The molecule has 1 saturated carbocycles. The second-order valence-corrected chi connectivity index (χ2v) is 8.51. The van der Waals surface area contributed by atoms with Crippen LogP contribution < -0.4 is 5.32 Å². The van der Waals surface area contributed by atoms with Crippen LogP contribution in [0, 0.1) is 0 Å². The molecule has 0 bridgehead atoms. The van der Waals surface area contributed by atoms with E-state index in [1.165, 1.54) is 4.68 Å². The Morgan fingerprint density at radius 3 is 2.71 bits per heavy atom. The van der Waals surface area contributed by atoms with Crippen molar-refractivity contribution in [2.75, 3.05) is 0 Å². The van der Waals surface area contributed by atoms with Gasteiger partial charge in [0.2, 0.25) is 0 Å². The number of hydrogen-bond acceptors (Lipinski definition) is 6. The van der Waals surface area contributed by atoms with E-state index in [2.05, 4.69) is 20.6 Å². The third-order valence-electron chi connectivity index (χ3n) is 6.21. The lowest BCUT2D eigenvalue weighted by atomic mass is 9.93. The predicted molar refractivity (Wildman–Crippen MR) is 123 cm³/mol. The van der Waals surface area contributed by atoms with Gasteiger partial charge in [0.15, 0.2) is 0 Å². The van der Waals surface area contributed by atoms with Gasteiger partial charge < -0.3 is 20.1 Å². The van der Waals surface area contributed by atoms with Gasteiger partial charge in [-0.3, -0.25) is 9.78 Å². The van der Waals surface area contributed by atoms with Crippen LogP contribution in [0.5, 0.6) is 0 Å². The molecule has 3 aromatic heterocycles. The first kappa shape index (κ1) is 21.8. The van der Waals surface area contributed by atoms with Gasteiger partial charge in [0.1, 0.15) is 11.4 Å². The Balaban J connectivity index is 1.40. The minimum atomic E-state index is -1.02. The molecule has 0 atom stereocenters. The van der Waals surface area contributed by atoms with Crippen LogP contribution in [0.25, 0.3) is 16.6 Å². The van der Waals surface area contributed by atoms with E-state index in [1.807, 2.05) is 24.3 Å². The molecule has 0 spiro atoms. The maximum absolute atomic E-state index is 13.0. The molecule has 1 aliphatic rings. The maximum atomic E-state index is 13.0. The SMILES string of the molecule is O=C(NC1CCC(O)CC1)c1ccncc1-n1cc(Cn2c(C(=O)O)cc3ccccc32)nn1. The molecule has 4 aromatic rings. The second kappa shape index (κ2) is 9.06. The predicted octanol–water partition coefficient (Wildman–Crippen LogP) is 2.40. The van der Waals surface area contributed by atoms with Crippen LogP contribution in [-0.2, 0) is 6.54 Å². The third-order valence-corrected chi connectivity index (χ3v) is 6.21. The summed E-state index contributed by atoms with van der Waals surface area (Å²) < 4.78 is 3.16. The highest BCUT2D eigenvalue weighted by atomic mass is 16.4. The summed E-state index contributed by atoms with van der Waals surface area (Å²) in [4.78, 5) is 28.9. The quantitative estimate of drug-likeness (QED) is 0.402. The zero-order valence-electron chi connectivity index (χ0n) is 18.3. The first-order valence-electron chi connectivity index (χ1n) is 11.2. The molecule has 0 radical (unpaired) electrons. The van der Waals surface area contributed by atoms with Crippen molar-refractivity contribution in [3.63, 3.8) is 0 Å². The van der Waals surface area contributed by atoms with Crippen molar-refractivity contribution in [3.05, 3.63) is 71.9 Å². The summed E-state index contributed by atoms with van der Waals surface area (Å²) in [6, 6.07) is 10.7. The molecule has 0 unspecified atom stereocenters. The fourth-order valence-corrected chi connectivity index (χ4v) is 4.45. The Kier molecular flexibility index (Phi) is 5.81. The van der Waals surface area contributed by atoms with E-state index in [4.69, 9.17) is 0 Å². The average molecular weight is 460 g/mol. The van der Waals surface area contributed by atoms with Crippen molar-refractivity contribution in [2.45, 2.75) is 44.4 Å². The van der Waals surface area contributed by atoms with Gasteiger partial charge in [0, 0.05) is 23.1 Å². The summed E-state index contributed by atoms with van der Waals surface area (Å²) in [6.45, 7) is 0.210. The van der Waals surface area contributed by atoms with Gasteiger partial charge in [-0.25, -0.2) is 9.48 Å². The number of aromatic nitrogens is 5. The Bertz CT molecular complexity index is 1350. The van der Waals surface area contributed by atoms with Gasteiger partial charge in [-0.05, 0) is 43.9 Å². The van der Waals surface area contributed by atoms with Crippen LogP contribution in [0.2, 0.25) is 0 Å². The van der Waals surface area contributed by atoms with Gasteiger partial charge in [0.05, 0.1) is 36.3 Å². The summed E-state index contributed by atoms with van der Waals surface area (Å²) >= 11 is 0. The molecule has 1 fully saturated rings. The molecule has 3 heterocycles. The Labute approximate surface area is 194 Å². The van der Waals surface area contributed by atoms with Crippen LogP contribution >= 0.6 is 0 Å². The minimum Gasteiger partial charge on any atom is -0.477 e. The van der Waals surface area contributed by atoms with Crippen molar-refractivity contribution >= 4 is 22.8 Å². The lowest BCUT2D eigenvalue weighted by molar-refractivity contribution is 0.0686. The molecule has 1 amide bonds. The van der Waals surface area contributed by atoms with Gasteiger partial charge in [-0.15, -0.1) is 5.10 Å². The van der Waals surface area contributed by atoms with Gasteiger partial charge in [-0.2, -0.15) is 0 Å². The van der Waals surface area contributed by atoms with Crippen molar-refractivity contribution in [1.29, 1.82) is 0 Å². The van der Waals surface area contributed by atoms with Gasteiger partial charge in [-0.1, -0.05) is 23.4 Å². The van der Waals surface area contributed by atoms with Gasteiger partial charge in [0.25, 0.3) is 5.91 Å². The summed E-state index contributed by atoms with van der Waals surface area (Å²) in [5.41, 5.74) is 2.38. The second-order valence-electron chi connectivity index (χ2n) is 8.51. The normalized spacial score (nSPS) is 18.1. The highest BCUT2D eigenvalue weighted by molar-refractivity contribution is 5.97. The summed E-state index contributed by atoms with van der Waals surface area (Å²) in [5.74, 6) is -1.26. The Hall–Kier alpha value is -4.05. The van der Waals surface area contributed by atoms with E-state index >= 15 is 0 Å². The molecule has 1 aliphatic carbocycles. The molecular formula is C24H24N6O4. The van der Waals surface area contributed by atoms with E-state index in [0.29, 0.717) is 29.8 Å². The first-order valence-corrected chi connectivity index (χ1v) is 11.2. The summed E-state index contributed by atoms with van der Waals surface area (Å²) in [6.07, 6.45) is 7.29. The number of carbonyl (C=O) groups is 2. The number of nitrogens with one attached hydrogen (secondary N) is 1. The van der Waals surface area contributed by atoms with Crippen LogP contribution in [0.4, 0.5) is 0 Å². The van der Waals surface area contributed by atoms with Crippen molar-refractivity contribution in [3.8, 4) is 5.69 Å². The number of carboxylic acid groups (broad SMARTS) is 1. The minimum absolute atomic E-state index is 0.0136. The third kappa shape index (κ3) is 4.27. The number of carbonyl (C=O) groups excluding carboxylic acids is 1. The number of fused-ring (bicyclic) bond motifs is 1. The van der Waals surface area contributed by atoms with E-state index in [-0.39, 0.29) is 30.3 Å². The molecule has 174 valence electrons. The van der Waals surface area contributed by atoms with Crippen molar-refractivity contribution in [2.24, 2.45) is 0 Å². The standard InChI is InChI=1S/C24H24N6O4/c31-18-7-5-16(6-8-18)26-23(32)19-9-10-25-12-22(19)30-14-17(27-28-30)13-29-20-4-2-1-3-15(20)11-21(29)24(33)34/h1-4,9-12,14,16,18,31H,5-8,13H2,(H,26,32)(H,33,34). The molecular weight excluding hydrogens is 436 g/mol. The van der Waals surface area contributed by atoms with Crippen molar-refractivity contribution < 1.29 is 19.8 Å². The van der Waals surface area contributed by atoms with Crippen LogP contribution in [0.1, 0.15) is 52.2 Å². The molecule has 1 aromatic carbocycles. The average Bonchev–Trinajstić information content (AvgIpc) is 3.46. The molecule has 10 heteroatoms. The van der Waals surface area contributed by atoms with Crippen molar-refractivity contribution in [1.82, 2.24) is 29.9 Å². The fourth-order valence-electron chi connectivity index (χ4n) is 4.45. The highest BCUT2D eigenvalue weighted by Gasteiger charge is 2.23. The summed E-state index contributed by atoms with van der Waals surface area (Å²) in [7, 11) is 0. The molecule has 3 N–H and O–H groups in total. The van der Waals surface area contributed by atoms with Gasteiger partial charge >= 0.3 is 5.97 Å².